The van der Waals surface area contributed by atoms with Crippen molar-refractivity contribution < 1.29 is 4.52 Å². The van der Waals surface area contributed by atoms with Crippen LogP contribution in [0.5, 0.6) is 0 Å². The lowest BCUT2D eigenvalue weighted by Gasteiger charge is -1.93. The monoisotopic (exact) mass is 201 g/mol. The molecule has 0 saturated carbocycles. The summed E-state index contributed by atoms with van der Waals surface area (Å²) in [6.45, 7) is 1.78. The molecule has 1 heterocycles. The smallest absolute Gasteiger partial charge is 0.250 e. The normalized spacial score (nSPS) is 11.0. The van der Waals surface area contributed by atoms with Gasteiger partial charge in [0.2, 0.25) is 0 Å². The van der Waals surface area contributed by atoms with E-state index in [1.54, 1.807) is 13.0 Å². The predicted octanol–water partition coefficient (Wildman–Crippen LogP) is 2.13. The Labute approximate surface area is 87.4 Å². The van der Waals surface area contributed by atoms with Gasteiger partial charge in [0.25, 0.3) is 5.89 Å². The highest BCUT2D eigenvalue weighted by atomic mass is 16.5. The molecule has 2 rings (SSSR count). The average Bonchev–Trinajstić information content (AvgIpc) is 2.62. The van der Waals surface area contributed by atoms with E-state index in [2.05, 4.69) is 10.1 Å². The maximum Gasteiger partial charge on any atom is 0.250 e. The summed E-state index contributed by atoms with van der Waals surface area (Å²) in [4.78, 5) is 4.05. The minimum atomic E-state index is 0.495. The topological polar surface area (TPSA) is 64.9 Å². The summed E-state index contributed by atoms with van der Waals surface area (Å²) in [5, 5.41) is 3.68. The highest BCUT2D eigenvalue weighted by Gasteiger charge is 1.96. The van der Waals surface area contributed by atoms with Gasteiger partial charge in [-0.1, -0.05) is 17.3 Å². The molecule has 0 atom stereocenters. The van der Waals surface area contributed by atoms with E-state index in [1.165, 1.54) is 0 Å². The second-order valence-electron chi connectivity index (χ2n) is 3.18. The Kier molecular flexibility index (Phi) is 2.49. The van der Waals surface area contributed by atoms with Crippen molar-refractivity contribution in [1.82, 2.24) is 10.1 Å². The van der Waals surface area contributed by atoms with Gasteiger partial charge < -0.3 is 10.3 Å². The van der Waals surface area contributed by atoms with Crippen molar-refractivity contribution in [2.75, 3.05) is 5.73 Å². The third-order valence-electron chi connectivity index (χ3n) is 1.87. The van der Waals surface area contributed by atoms with Gasteiger partial charge in [0.15, 0.2) is 5.82 Å². The molecule has 0 aliphatic heterocycles. The molecule has 0 aliphatic carbocycles. The largest absolute Gasteiger partial charge is 0.399 e. The van der Waals surface area contributed by atoms with Crippen LogP contribution in [-0.2, 0) is 0 Å². The average molecular weight is 201 g/mol. The molecule has 0 radical (unpaired) electrons. The number of nitrogens with two attached hydrogens (primary N) is 1. The SMILES string of the molecule is Cc1noc(C=Cc2cccc(N)c2)n1. The Hall–Kier alpha value is -2.10. The van der Waals surface area contributed by atoms with E-state index in [1.807, 2.05) is 30.3 Å². The van der Waals surface area contributed by atoms with Crippen LogP contribution in [0.4, 0.5) is 5.69 Å². The van der Waals surface area contributed by atoms with Crippen LogP contribution in [0.1, 0.15) is 17.3 Å². The van der Waals surface area contributed by atoms with Crippen molar-refractivity contribution in [3.05, 3.63) is 41.5 Å². The van der Waals surface area contributed by atoms with Gasteiger partial charge in [0.05, 0.1) is 0 Å². The highest BCUT2D eigenvalue weighted by molar-refractivity contribution is 5.67. The third-order valence-corrected chi connectivity index (χ3v) is 1.87. The van der Waals surface area contributed by atoms with Crippen molar-refractivity contribution in [2.45, 2.75) is 6.92 Å². The highest BCUT2D eigenvalue weighted by Crippen LogP contribution is 2.10. The molecule has 0 spiro atoms. The number of nitrogens with zero attached hydrogens (tertiary/aromatic N) is 2. The summed E-state index contributed by atoms with van der Waals surface area (Å²) in [7, 11) is 0. The van der Waals surface area contributed by atoms with Crippen LogP contribution in [0.15, 0.2) is 28.8 Å². The van der Waals surface area contributed by atoms with Gasteiger partial charge in [-0.25, -0.2) is 0 Å². The van der Waals surface area contributed by atoms with Crippen molar-refractivity contribution in [3.8, 4) is 0 Å². The van der Waals surface area contributed by atoms with Crippen LogP contribution in [0.25, 0.3) is 12.2 Å². The fourth-order valence-corrected chi connectivity index (χ4v) is 1.21. The van der Waals surface area contributed by atoms with Gasteiger partial charge in [0.1, 0.15) is 0 Å². The maximum absolute atomic E-state index is 5.65. The van der Waals surface area contributed by atoms with Crippen molar-refractivity contribution in [3.63, 3.8) is 0 Å². The first-order valence-corrected chi connectivity index (χ1v) is 4.58. The van der Waals surface area contributed by atoms with Crippen molar-refractivity contribution in [1.29, 1.82) is 0 Å². The van der Waals surface area contributed by atoms with E-state index in [-0.39, 0.29) is 0 Å². The molecule has 15 heavy (non-hydrogen) atoms. The van der Waals surface area contributed by atoms with Gasteiger partial charge in [-0.2, -0.15) is 4.98 Å². The summed E-state index contributed by atoms with van der Waals surface area (Å²) >= 11 is 0. The summed E-state index contributed by atoms with van der Waals surface area (Å²) in [6, 6.07) is 7.57. The lowest BCUT2D eigenvalue weighted by molar-refractivity contribution is 0.405. The Morgan fingerprint density at radius 1 is 1.33 bits per heavy atom. The zero-order valence-electron chi connectivity index (χ0n) is 8.34. The number of aryl methyl sites for hydroxylation is 1. The van der Waals surface area contributed by atoms with E-state index in [0.717, 1.165) is 11.3 Å². The number of anilines is 1. The Balaban J connectivity index is 2.18. The van der Waals surface area contributed by atoms with Crippen LogP contribution in [0.2, 0.25) is 0 Å². The number of nitrogen functional groups attached to an aromatic ring is 1. The number of aromatic nitrogens is 2. The van der Waals surface area contributed by atoms with E-state index >= 15 is 0 Å². The summed E-state index contributed by atoms with van der Waals surface area (Å²) in [6.07, 6.45) is 3.64. The Morgan fingerprint density at radius 2 is 2.20 bits per heavy atom. The molecule has 0 bridgehead atoms. The summed E-state index contributed by atoms with van der Waals surface area (Å²) < 4.78 is 4.94. The fraction of sp³-hybridized carbons (Fsp3) is 0.0909. The minimum Gasteiger partial charge on any atom is -0.399 e. The summed E-state index contributed by atoms with van der Waals surface area (Å²) in [5.41, 5.74) is 7.39. The second kappa shape index (κ2) is 3.96. The van der Waals surface area contributed by atoms with E-state index in [9.17, 15) is 0 Å². The lowest BCUT2D eigenvalue weighted by Crippen LogP contribution is -1.83. The molecule has 2 aromatic rings. The van der Waals surface area contributed by atoms with Crippen LogP contribution in [0, 0.1) is 6.92 Å². The van der Waals surface area contributed by atoms with Crippen molar-refractivity contribution >= 4 is 17.8 Å². The van der Waals surface area contributed by atoms with Crippen LogP contribution in [0.3, 0.4) is 0 Å². The van der Waals surface area contributed by atoms with Crippen LogP contribution in [-0.4, -0.2) is 10.1 Å². The van der Waals surface area contributed by atoms with Gasteiger partial charge in [-0.3, -0.25) is 0 Å². The maximum atomic E-state index is 5.65. The Bertz CT molecular complexity index is 488. The molecule has 1 aromatic heterocycles. The van der Waals surface area contributed by atoms with Crippen molar-refractivity contribution in [2.24, 2.45) is 0 Å². The molecule has 2 N–H and O–H groups in total. The van der Waals surface area contributed by atoms with Crippen LogP contribution < -0.4 is 5.73 Å². The molecule has 4 nitrogen and oxygen atoms in total. The lowest BCUT2D eigenvalue weighted by atomic mass is 10.2. The quantitative estimate of drug-likeness (QED) is 0.756. The molecule has 0 amide bonds. The predicted molar refractivity (Wildman–Crippen MR) is 58.8 cm³/mol. The van der Waals surface area contributed by atoms with Gasteiger partial charge in [-0.05, 0) is 30.7 Å². The van der Waals surface area contributed by atoms with Gasteiger partial charge in [-0.15, -0.1) is 0 Å². The Morgan fingerprint density at radius 3 is 2.87 bits per heavy atom. The standard InChI is InChI=1S/C11H11N3O/c1-8-13-11(15-14-8)6-5-9-3-2-4-10(12)7-9/h2-7H,12H2,1H3. The number of hydrogen-bond acceptors (Lipinski definition) is 4. The van der Waals surface area contributed by atoms with E-state index in [0.29, 0.717) is 11.7 Å². The molecule has 0 fully saturated rings. The first-order valence-electron chi connectivity index (χ1n) is 4.58. The van der Waals surface area contributed by atoms with E-state index < -0.39 is 0 Å². The minimum absolute atomic E-state index is 0.495. The van der Waals surface area contributed by atoms with Gasteiger partial charge in [0, 0.05) is 11.8 Å². The molecule has 0 saturated heterocycles. The first kappa shape index (κ1) is 9.45. The zero-order valence-corrected chi connectivity index (χ0v) is 8.34. The molecule has 0 aliphatic rings. The van der Waals surface area contributed by atoms with Crippen LogP contribution >= 0.6 is 0 Å². The zero-order chi connectivity index (χ0) is 10.7. The molecule has 1 aromatic carbocycles. The molecule has 76 valence electrons. The number of rotatable bonds is 2. The van der Waals surface area contributed by atoms with Gasteiger partial charge >= 0.3 is 0 Å². The summed E-state index contributed by atoms with van der Waals surface area (Å²) in [5.74, 6) is 1.12. The molecule has 0 unspecified atom stereocenters. The third kappa shape index (κ3) is 2.43. The second-order valence-corrected chi connectivity index (χ2v) is 3.18. The number of benzene rings is 1. The molecular formula is C11H11N3O. The first-order chi connectivity index (χ1) is 7.24. The fourth-order valence-electron chi connectivity index (χ4n) is 1.21. The van der Waals surface area contributed by atoms with E-state index in [4.69, 9.17) is 10.3 Å². The molecule has 4 heteroatoms. The molecular weight excluding hydrogens is 190 g/mol. The number of hydrogen-bond donors (Lipinski definition) is 1.